The normalized spacial score (nSPS) is 12.3. The molecule has 1 aromatic rings. The van der Waals surface area contributed by atoms with Crippen LogP contribution in [-0.4, -0.2) is 44.5 Å². The summed E-state index contributed by atoms with van der Waals surface area (Å²) in [5, 5.41) is 0. The van der Waals surface area contributed by atoms with E-state index in [2.05, 4.69) is 12.1 Å². The number of hydrogen-bond acceptors (Lipinski definition) is 5. The second-order valence-corrected chi connectivity index (χ2v) is 7.07. The van der Waals surface area contributed by atoms with Crippen LogP contribution >= 0.6 is 0 Å². The van der Waals surface area contributed by atoms with Crippen molar-refractivity contribution in [3.8, 4) is 0 Å². The Hall–Kier alpha value is -1.00. The summed E-state index contributed by atoms with van der Waals surface area (Å²) in [4.78, 5) is 0. The standard InChI is InChI=1S/C9H13N.2CH4O3S/c1-8(10)7-9-5-3-2-4-6-9;2*1-5(2,3)4/h2-6,8H,7,10H2,1H3;2*1H3,(H,2,3,4)/t8-;;/m0../s1. The van der Waals surface area contributed by atoms with Crippen LogP contribution in [0.4, 0.5) is 0 Å². The average molecular weight is 327 g/mol. The van der Waals surface area contributed by atoms with Gasteiger partial charge in [0.2, 0.25) is 0 Å². The van der Waals surface area contributed by atoms with Crippen molar-refractivity contribution in [3.05, 3.63) is 35.9 Å². The highest BCUT2D eigenvalue weighted by atomic mass is 32.2. The van der Waals surface area contributed by atoms with Gasteiger partial charge in [-0.05, 0) is 18.9 Å². The smallest absolute Gasteiger partial charge is 0.261 e. The highest BCUT2D eigenvalue weighted by Gasteiger charge is 1.94. The summed E-state index contributed by atoms with van der Waals surface area (Å²) in [6, 6.07) is 10.6. The first kappa shape index (κ1) is 21.3. The van der Waals surface area contributed by atoms with Gasteiger partial charge in [0.15, 0.2) is 0 Å². The molecule has 0 heterocycles. The first-order chi connectivity index (χ1) is 8.79. The van der Waals surface area contributed by atoms with Crippen LogP contribution in [0.1, 0.15) is 12.5 Å². The molecule has 0 amide bonds. The summed E-state index contributed by atoms with van der Waals surface area (Å²) in [5.74, 6) is 0. The minimum Gasteiger partial charge on any atom is -0.328 e. The highest BCUT2D eigenvalue weighted by molar-refractivity contribution is 7.85. The van der Waals surface area contributed by atoms with Gasteiger partial charge >= 0.3 is 0 Å². The van der Waals surface area contributed by atoms with Crippen LogP contribution in [0.3, 0.4) is 0 Å². The Morgan fingerprint density at radius 3 is 1.55 bits per heavy atom. The molecule has 0 aliphatic rings. The van der Waals surface area contributed by atoms with Crippen molar-refractivity contribution in [2.24, 2.45) is 5.73 Å². The maximum Gasteiger partial charge on any atom is 0.261 e. The molecule has 1 atom stereocenters. The zero-order valence-corrected chi connectivity index (χ0v) is 13.2. The van der Waals surface area contributed by atoms with E-state index in [9.17, 15) is 16.8 Å². The molecule has 0 unspecified atom stereocenters. The molecule has 0 spiro atoms. The summed E-state index contributed by atoms with van der Waals surface area (Å²) in [5.41, 5.74) is 6.94. The molecule has 0 saturated heterocycles. The van der Waals surface area contributed by atoms with E-state index >= 15 is 0 Å². The lowest BCUT2D eigenvalue weighted by Gasteiger charge is -2.02. The Morgan fingerprint density at radius 1 is 1.00 bits per heavy atom. The van der Waals surface area contributed by atoms with Gasteiger partial charge in [0.05, 0.1) is 12.5 Å². The summed E-state index contributed by atoms with van der Waals surface area (Å²) in [6.45, 7) is 2.02. The molecule has 0 aliphatic heterocycles. The molecule has 0 aliphatic carbocycles. The predicted octanol–water partition coefficient (Wildman–Crippen LogP) is 0.584. The third-order valence-corrected chi connectivity index (χ3v) is 1.40. The zero-order valence-electron chi connectivity index (χ0n) is 11.6. The number of hydrogen-bond donors (Lipinski definition) is 3. The Balaban J connectivity index is 0. The molecule has 20 heavy (non-hydrogen) atoms. The minimum absolute atomic E-state index is 0.266. The quantitative estimate of drug-likeness (QED) is 0.676. The molecular weight excluding hydrogens is 306 g/mol. The fraction of sp³-hybridized carbons (Fsp3) is 0.455. The van der Waals surface area contributed by atoms with Crippen molar-refractivity contribution in [2.75, 3.05) is 12.5 Å². The fourth-order valence-electron chi connectivity index (χ4n) is 0.986. The molecule has 1 aromatic carbocycles. The molecule has 1 rings (SSSR count). The van der Waals surface area contributed by atoms with Gasteiger partial charge in [-0.3, -0.25) is 9.11 Å². The average Bonchev–Trinajstić information content (AvgIpc) is 2.12. The first-order valence-electron chi connectivity index (χ1n) is 5.43. The van der Waals surface area contributed by atoms with Gasteiger partial charge < -0.3 is 5.73 Å². The van der Waals surface area contributed by atoms with Crippen LogP contribution in [0.5, 0.6) is 0 Å². The van der Waals surface area contributed by atoms with E-state index in [4.69, 9.17) is 14.8 Å². The molecule has 0 fully saturated rings. The zero-order chi connectivity index (χ0) is 16.4. The predicted molar refractivity (Wildman–Crippen MR) is 78.7 cm³/mol. The van der Waals surface area contributed by atoms with E-state index in [1.54, 1.807) is 0 Å². The maximum atomic E-state index is 9.19. The summed E-state index contributed by atoms with van der Waals surface area (Å²) >= 11 is 0. The SMILES string of the molecule is CS(=O)(=O)O.CS(=O)(=O)O.C[C@H](N)Cc1ccccc1. The molecule has 9 heteroatoms. The van der Waals surface area contributed by atoms with E-state index in [0.29, 0.717) is 12.5 Å². The first-order valence-corrected chi connectivity index (χ1v) is 9.13. The van der Waals surface area contributed by atoms with E-state index < -0.39 is 20.2 Å². The third kappa shape index (κ3) is 36.0. The summed E-state index contributed by atoms with van der Waals surface area (Å²) in [7, 11) is -7.33. The molecule has 0 bridgehead atoms. The van der Waals surface area contributed by atoms with Crippen molar-refractivity contribution in [3.63, 3.8) is 0 Å². The molecule has 118 valence electrons. The van der Waals surface area contributed by atoms with Crippen LogP contribution in [0.2, 0.25) is 0 Å². The second kappa shape index (κ2) is 9.83. The Labute approximate surface area is 120 Å². The van der Waals surface area contributed by atoms with Gasteiger partial charge in [0, 0.05) is 6.04 Å². The molecule has 0 radical (unpaired) electrons. The van der Waals surface area contributed by atoms with Crippen molar-refractivity contribution in [1.82, 2.24) is 0 Å². The lowest BCUT2D eigenvalue weighted by Crippen LogP contribution is -2.17. The van der Waals surface area contributed by atoms with Crippen molar-refractivity contribution >= 4 is 20.2 Å². The van der Waals surface area contributed by atoms with E-state index in [0.717, 1.165) is 6.42 Å². The van der Waals surface area contributed by atoms with Gasteiger partial charge in [0.25, 0.3) is 20.2 Å². The van der Waals surface area contributed by atoms with Crippen LogP contribution < -0.4 is 5.73 Å². The minimum atomic E-state index is -3.67. The maximum absolute atomic E-state index is 9.19. The van der Waals surface area contributed by atoms with Crippen LogP contribution in [-0.2, 0) is 26.7 Å². The largest absolute Gasteiger partial charge is 0.328 e. The van der Waals surface area contributed by atoms with Gasteiger partial charge in [-0.1, -0.05) is 30.3 Å². The Morgan fingerprint density at radius 2 is 1.30 bits per heavy atom. The second-order valence-electron chi connectivity index (χ2n) is 4.13. The highest BCUT2D eigenvalue weighted by Crippen LogP contribution is 2.00. The van der Waals surface area contributed by atoms with Gasteiger partial charge in [-0.15, -0.1) is 0 Å². The Bertz CT molecular complexity index is 506. The van der Waals surface area contributed by atoms with Gasteiger partial charge in [-0.25, -0.2) is 0 Å². The van der Waals surface area contributed by atoms with Crippen molar-refractivity contribution in [1.29, 1.82) is 0 Å². The van der Waals surface area contributed by atoms with E-state index in [1.165, 1.54) is 5.56 Å². The van der Waals surface area contributed by atoms with Crippen LogP contribution in [0.25, 0.3) is 0 Å². The van der Waals surface area contributed by atoms with Crippen LogP contribution in [0, 0.1) is 0 Å². The third-order valence-electron chi connectivity index (χ3n) is 1.40. The van der Waals surface area contributed by atoms with Crippen molar-refractivity contribution in [2.45, 2.75) is 19.4 Å². The number of benzene rings is 1. The Kier molecular flexibility index (Phi) is 10.5. The monoisotopic (exact) mass is 327 g/mol. The van der Waals surface area contributed by atoms with E-state index in [1.807, 2.05) is 25.1 Å². The lowest BCUT2D eigenvalue weighted by molar-refractivity contribution is 0.488. The fourth-order valence-corrected chi connectivity index (χ4v) is 0.986. The van der Waals surface area contributed by atoms with Gasteiger partial charge in [-0.2, -0.15) is 16.8 Å². The number of rotatable bonds is 2. The molecule has 0 aromatic heterocycles. The molecule has 4 N–H and O–H groups in total. The van der Waals surface area contributed by atoms with Crippen molar-refractivity contribution < 1.29 is 25.9 Å². The van der Waals surface area contributed by atoms with Crippen LogP contribution in [0.15, 0.2) is 30.3 Å². The summed E-state index contributed by atoms with van der Waals surface area (Å²) < 4.78 is 51.7. The lowest BCUT2D eigenvalue weighted by atomic mass is 10.1. The molecule has 7 nitrogen and oxygen atoms in total. The molecule has 0 saturated carbocycles. The number of nitrogens with two attached hydrogens (primary N) is 1. The van der Waals surface area contributed by atoms with Gasteiger partial charge in [0.1, 0.15) is 0 Å². The topological polar surface area (TPSA) is 135 Å². The summed E-state index contributed by atoms with van der Waals surface area (Å²) in [6.07, 6.45) is 2.40. The molecular formula is C11H21NO6S2. The van der Waals surface area contributed by atoms with E-state index in [-0.39, 0.29) is 6.04 Å².